The fraction of sp³-hybridized carbons (Fsp3) is 0.375. The van der Waals surface area contributed by atoms with E-state index in [2.05, 4.69) is 5.32 Å². The molecule has 1 aliphatic carbocycles. The molecule has 0 radical (unpaired) electrons. The summed E-state index contributed by atoms with van der Waals surface area (Å²) in [6, 6.07) is 7.04. The first kappa shape index (κ1) is 13.2. The number of fused-ring (bicyclic) bond motifs is 1. The molecule has 4 nitrogen and oxygen atoms in total. The molecule has 2 aliphatic rings. The lowest BCUT2D eigenvalue weighted by atomic mass is 9.83. The number of carbonyl (C=O) groups is 2. The minimum absolute atomic E-state index is 0.0119. The number of rotatable bonds is 5. The molecular formula is C16H17NO3. The number of Topliss-reactive ketones (excluding diaryl/α,β-unsaturated/α-hetero) is 2. The first-order valence-corrected chi connectivity index (χ1v) is 6.89. The zero-order valence-electron chi connectivity index (χ0n) is 11.4. The summed E-state index contributed by atoms with van der Waals surface area (Å²) in [6.45, 7) is 4.06. The van der Waals surface area contributed by atoms with Crippen molar-refractivity contribution in [2.24, 2.45) is 0 Å². The Hall–Kier alpha value is -1.78. The number of allylic oxidation sites excluding steroid dienone is 1. The molecule has 0 saturated carbocycles. The molecule has 1 N–H and O–H groups in total. The maximum absolute atomic E-state index is 12.5. The molecule has 0 bridgehead atoms. The van der Waals surface area contributed by atoms with E-state index in [1.54, 1.807) is 31.2 Å². The number of hydrogen-bond acceptors (Lipinski definition) is 4. The first-order valence-electron chi connectivity index (χ1n) is 6.89. The van der Waals surface area contributed by atoms with Crippen LogP contribution in [-0.4, -0.2) is 37.4 Å². The number of carbonyl (C=O) groups excluding carboxylic acids is 2. The van der Waals surface area contributed by atoms with Gasteiger partial charge in [0.2, 0.25) is 0 Å². The Bertz CT molecular complexity index is 599. The summed E-state index contributed by atoms with van der Waals surface area (Å²) >= 11 is 0. The SMILES string of the molecule is CC1=C(CCNCC2CO2)C(=O)c2ccccc2C1=O. The van der Waals surface area contributed by atoms with Crippen molar-refractivity contribution < 1.29 is 14.3 Å². The molecule has 3 rings (SSSR count). The number of ketones is 2. The Morgan fingerprint density at radius 3 is 2.50 bits per heavy atom. The average molecular weight is 271 g/mol. The molecule has 1 saturated heterocycles. The maximum atomic E-state index is 12.5. The molecule has 0 spiro atoms. The zero-order valence-corrected chi connectivity index (χ0v) is 11.4. The Morgan fingerprint density at radius 1 is 1.20 bits per heavy atom. The molecule has 1 heterocycles. The van der Waals surface area contributed by atoms with E-state index in [0.29, 0.717) is 41.3 Å². The van der Waals surface area contributed by atoms with Crippen molar-refractivity contribution in [3.05, 3.63) is 46.5 Å². The van der Waals surface area contributed by atoms with Gasteiger partial charge in [0, 0.05) is 28.8 Å². The molecule has 1 atom stereocenters. The van der Waals surface area contributed by atoms with Gasteiger partial charge >= 0.3 is 0 Å². The van der Waals surface area contributed by atoms with Crippen LogP contribution in [0, 0.1) is 0 Å². The van der Waals surface area contributed by atoms with Crippen LogP contribution in [0.5, 0.6) is 0 Å². The van der Waals surface area contributed by atoms with Crippen LogP contribution < -0.4 is 5.32 Å². The van der Waals surface area contributed by atoms with Gasteiger partial charge in [-0.15, -0.1) is 0 Å². The minimum atomic E-state index is -0.0271. The molecule has 1 fully saturated rings. The lowest BCUT2D eigenvalue weighted by Gasteiger charge is -2.19. The molecule has 0 aromatic heterocycles. The fourth-order valence-corrected chi connectivity index (χ4v) is 2.51. The average Bonchev–Trinajstić information content (AvgIpc) is 3.28. The summed E-state index contributed by atoms with van der Waals surface area (Å²) in [5.41, 5.74) is 2.28. The Balaban J connectivity index is 1.74. The van der Waals surface area contributed by atoms with E-state index in [1.165, 1.54) is 0 Å². The molecule has 1 aromatic rings. The van der Waals surface area contributed by atoms with Crippen molar-refractivity contribution in [3.63, 3.8) is 0 Å². The minimum Gasteiger partial charge on any atom is -0.372 e. The fourth-order valence-electron chi connectivity index (χ4n) is 2.51. The highest BCUT2D eigenvalue weighted by Gasteiger charge is 2.29. The zero-order chi connectivity index (χ0) is 14.1. The molecular weight excluding hydrogens is 254 g/mol. The van der Waals surface area contributed by atoms with Crippen molar-refractivity contribution in [3.8, 4) is 0 Å². The van der Waals surface area contributed by atoms with Crippen LogP contribution in [0.4, 0.5) is 0 Å². The van der Waals surface area contributed by atoms with Crippen LogP contribution in [0.3, 0.4) is 0 Å². The van der Waals surface area contributed by atoms with Crippen molar-refractivity contribution in [2.45, 2.75) is 19.4 Å². The molecule has 20 heavy (non-hydrogen) atoms. The van der Waals surface area contributed by atoms with Crippen LogP contribution in [0.15, 0.2) is 35.4 Å². The van der Waals surface area contributed by atoms with Gasteiger partial charge in [0.25, 0.3) is 0 Å². The van der Waals surface area contributed by atoms with Crippen LogP contribution in [0.2, 0.25) is 0 Å². The molecule has 1 aromatic carbocycles. The van der Waals surface area contributed by atoms with Gasteiger partial charge in [-0.05, 0) is 19.9 Å². The smallest absolute Gasteiger partial charge is 0.190 e. The topological polar surface area (TPSA) is 58.7 Å². The van der Waals surface area contributed by atoms with E-state index < -0.39 is 0 Å². The highest BCUT2D eigenvalue weighted by Crippen LogP contribution is 2.27. The summed E-state index contributed by atoms with van der Waals surface area (Å²) in [7, 11) is 0. The van der Waals surface area contributed by atoms with E-state index in [4.69, 9.17) is 4.74 Å². The summed E-state index contributed by atoms with van der Waals surface area (Å²) in [6.07, 6.45) is 0.909. The summed E-state index contributed by atoms with van der Waals surface area (Å²) in [5.74, 6) is -0.0390. The number of ether oxygens (including phenoxy) is 1. The first-order chi connectivity index (χ1) is 9.68. The second-order valence-corrected chi connectivity index (χ2v) is 5.22. The van der Waals surface area contributed by atoms with E-state index in [-0.39, 0.29) is 11.6 Å². The summed E-state index contributed by atoms with van der Waals surface area (Å²) in [5, 5.41) is 3.25. The second kappa shape index (κ2) is 5.31. The third-order valence-corrected chi connectivity index (χ3v) is 3.81. The van der Waals surface area contributed by atoms with E-state index >= 15 is 0 Å². The van der Waals surface area contributed by atoms with E-state index in [1.807, 2.05) is 0 Å². The van der Waals surface area contributed by atoms with Gasteiger partial charge < -0.3 is 10.1 Å². The number of hydrogen-bond donors (Lipinski definition) is 1. The summed E-state index contributed by atoms with van der Waals surface area (Å²) < 4.78 is 5.11. The molecule has 4 heteroatoms. The molecule has 0 amide bonds. The highest BCUT2D eigenvalue weighted by molar-refractivity contribution is 6.26. The van der Waals surface area contributed by atoms with Crippen molar-refractivity contribution in [1.82, 2.24) is 5.32 Å². The lowest BCUT2D eigenvalue weighted by molar-refractivity contribution is 0.0972. The van der Waals surface area contributed by atoms with Crippen LogP contribution in [-0.2, 0) is 4.74 Å². The van der Waals surface area contributed by atoms with Gasteiger partial charge in [-0.1, -0.05) is 24.3 Å². The molecule has 1 unspecified atom stereocenters. The van der Waals surface area contributed by atoms with Crippen molar-refractivity contribution in [1.29, 1.82) is 0 Å². The summed E-state index contributed by atoms with van der Waals surface area (Å²) in [4.78, 5) is 24.7. The van der Waals surface area contributed by atoms with E-state index in [9.17, 15) is 9.59 Å². The Labute approximate surface area is 117 Å². The number of benzene rings is 1. The van der Waals surface area contributed by atoms with Crippen molar-refractivity contribution >= 4 is 11.6 Å². The van der Waals surface area contributed by atoms with Gasteiger partial charge in [0.15, 0.2) is 11.6 Å². The van der Waals surface area contributed by atoms with Crippen molar-refractivity contribution in [2.75, 3.05) is 19.7 Å². The number of nitrogens with one attached hydrogen (secondary N) is 1. The molecule has 1 aliphatic heterocycles. The number of epoxide rings is 1. The van der Waals surface area contributed by atoms with Gasteiger partial charge in [0.05, 0.1) is 12.7 Å². The monoisotopic (exact) mass is 271 g/mol. The van der Waals surface area contributed by atoms with Gasteiger partial charge in [-0.2, -0.15) is 0 Å². The lowest BCUT2D eigenvalue weighted by Crippen LogP contribution is -2.26. The third kappa shape index (κ3) is 2.44. The highest BCUT2D eigenvalue weighted by atomic mass is 16.6. The van der Waals surface area contributed by atoms with Crippen LogP contribution >= 0.6 is 0 Å². The predicted octanol–water partition coefficient (Wildman–Crippen LogP) is 1.76. The quantitative estimate of drug-likeness (QED) is 0.655. The third-order valence-electron chi connectivity index (χ3n) is 3.81. The predicted molar refractivity (Wildman–Crippen MR) is 75.0 cm³/mol. The standard InChI is InChI=1S/C16H17NO3/c1-10-12(6-7-17-8-11-9-20-11)16(19)14-5-3-2-4-13(14)15(10)18/h2-5,11,17H,6-9H2,1H3. The van der Waals surface area contributed by atoms with Gasteiger partial charge in [-0.3, -0.25) is 9.59 Å². The van der Waals surface area contributed by atoms with E-state index in [0.717, 1.165) is 13.2 Å². The Morgan fingerprint density at radius 2 is 1.85 bits per heavy atom. The van der Waals surface area contributed by atoms with Crippen LogP contribution in [0.25, 0.3) is 0 Å². The molecule has 104 valence electrons. The van der Waals surface area contributed by atoms with Crippen LogP contribution in [0.1, 0.15) is 34.1 Å². The maximum Gasteiger partial charge on any atom is 0.190 e. The van der Waals surface area contributed by atoms with Gasteiger partial charge in [0.1, 0.15) is 0 Å². The Kier molecular flexibility index (Phi) is 3.51. The van der Waals surface area contributed by atoms with Gasteiger partial charge in [-0.25, -0.2) is 0 Å². The second-order valence-electron chi connectivity index (χ2n) is 5.22. The normalized spacial score (nSPS) is 21.1. The largest absolute Gasteiger partial charge is 0.372 e.